The number of amides is 1. The van der Waals surface area contributed by atoms with E-state index in [2.05, 4.69) is 20.4 Å². The normalized spacial score (nSPS) is 12.1. The number of thioether (sulfide) groups is 1. The number of anilines is 1. The Bertz CT molecular complexity index is 1320. The Morgan fingerprint density at radius 2 is 2.03 bits per heavy atom. The minimum atomic E-state index is -0.578. The highest BCUT2D eigenvalue weighted by atomic mass is 32.2. The summed E-state index contributed by atoms with van der Waals surface area (Å²) < 4.78 is 6.83. The van der Waals surface area contributed by atoms with Gasteiger partial charge < -0.3 is 10.1 Å². The van der Waals surface area contributed by atoms with Crippen molar-refractivity contribution in [1.29, 1.82) is 0 Å². The van der Waals surface area contributed by atoms with Gasteiger partial charge in [-0.1, -0.05) is 23.9 Å². The van der Waals surface area contributed by atoms with Gasteiger partial charge in [-0.25, -0.2) is 9.97 Å². The van der Waals surface area contributed by atoms with Crippen LogP contribution in [0, 0.1) is 17.0 Å². The van der Waals surface area contributed by atoms with E-state index in [4.69, 9.17) is 4.74 Å². The number of hydrogen-bond donors (Lipinski definition) is 1. The van der Waals surface area contributed by atoms with Crippen LogP contribution in [0.15, 0.2) is 47.6 Å². The number of fused-ring (bicyclic) bond motifs is 3. The molecule has 1 amide bonds. The van der Waals surface area contributed by atoms with Gasteiger partial charge in [0, 0.05) is 17.5 Å². The molecule has 0 saturated heterocycles. The molecule has 2 aromatic carbocycles. The first-order chi connectivity index (χ1) is 14.9. The van der Waals surface area contributed by atoms with Crippen LogP contribution < -0.4 is 10.1 Å². The molecule has 2 heterocycles. The maximum atomic E-state index is 12.8. The molecule has 31 heavy (non-hydrogen) atoms. The highest BCUT2D eigenvalue weighted by Gasteiger charge is 2.22. The molecule has 1 atom stereocenters. The first kappa shape index (κ1) is 20.5. The number of hydrogen-bond acceptors (Lipinski definition) is 8. The summed E-state index contributed by atoms with van der Waals surface area (Å²) >= 11 is 1.22. The zero-order valence-corrected chi connectivity index (χ0v) is 17.7. The van der Waals surface area contributed by atoms with E-state index >= 15 is 0 Å². The first-order valence-electron chi connectivity index (χ1n) is 9.29. The molecule has 0 saturated carbocycles. The number of ether oxygens (including phenoxy) is 1. The smallest absolute Gasteiger partial charge is 0.271 e. The van der Waals surface area contributed by atoms with E-state index in [1.807, 2.05) is 24.3 Å². The van der Waals surface area contributed by atoms with Crippen molar-refractivity contribution < 1.29 is 14.5 Å². The van der Waals surface area contributed by atoms with Gasteiger partial charge in [-0.3, -0.25) is 14.9 Å². The van der Waals surface area contributed by atoms with Crippen molar-refractivity contribution in [3.63, 3.8) is 0 Å². The molecule has 0 aliphatic rings. The van der Waals surface area contributed by atoms with Gasteiger partial charge in [-0.05, 0) is 32.0 Å². The average molecular weight is 438 g/mol. The molecule has 11 heteroatoms. The maximum Gasteiger partial charge on any atom is 0.271 e. The molecule has 158 valence electrons. The summed E-state index contributed by atoms with van der Waals surface area (Å²) in [4.78, 5) is 32.5. The van der Waals surface area contributed by atoms with E-state index in [0.29, 0.717) is 22.4 Å². The topological polar surface area (TPSA) is 125 Å². The summed E-state index contributed by atoms with van der Waals surface area (Å²) in [5, 5.41) is 19.0. The van der Waals surface area contributed by atoms with Crippen LogP contribution in [0.5, 0.6) is 5.75 Å². The number of carbonyl (C=O) groups is 1. The summed E-state index contributed by atoms with van der Waals surface area (Å²) in [7, 11) is 1.43. The number of para-hydroxylation sites is 1. The van der Waals surface area contributed by atoms with E-state index in [-0.39, 0.29) is 17.3 Å². The second-order valence-corrected chi connectivity index (χ2v) is 8.00. The molecule has 0 aliphatic heterocycles. The molecule has 4 aromatic rings. The number of nitro benzene ring substituents is 1. The van der Waals surface area contributed by atoms with Crippen LogP contribution in [0.25, 0.3) is 16.6 Å². The van der Waals surface area contributed by atoms with Gasteiger partial charge in [0.05, 0.1) is 28.5 Å². The third kappa shape index (κ3) is 3.99. The molecule has 0 radical (unpaired) electrons. The van der Waals surface area contributed by atoms with Gasteiger partial charge >= 0.3 is 0 Å². The summed E-state index contributed by atoms with van der Waals surface area (Å²) in [6, 6.07) is 11.6. The van der Waals surface area contributed by atoms with E-state index in [9.17, 15) is 14.9 Å². The van der Waals surface area contributed by atoms with Gasteiger partial charge in [0.2, 0.25) is 5.91 Å². The Labute approximate surface area is 180 Å². The molecule has 10 nitrogen and oxygen atoms in total. The molecular weight excluding hydrogens is 420 g/mol. The van der Waals surface area contributed by atoms with Crippen molar-refractivity contribution >= 4 is 45.6 Å². The summed E-state index contributed by atoms with van der Waals surface area (Å²) in [5.41, 5.74) is 1.49. The number of nitrogens with zero attached hydrogens (tertiary/aromatic N) is 5. The number of nitro groups is 1. The molecule has 1 N–H and O–H groups in total. The standard InChI is InChI=1S/C20H18N6O4S/c1-11(19(27)22-16-10-13(26(28)29)8-9-17(16)30-3)31-20-23-15-7-5-4-6-14(15)18-21-12(2)24-25(18)20/h4-11H,1-3H3,(H,22,27). The summed E-state index contributed by atoms with van der Waals surface area (Å²) in [6.07, 6.45) is 0. The van der Waals surface area contributed by atoms with Crippen molar-refractivity contribution in [1.82, 2.24) is 19.6 Å². The van der Waals surface area contributed by atoms with Crippen LogP contribution in [-0.2, 0) is 4.79 Å². The van der Waals surface area contributed by atoms with Gasteiger partial charge in [-0.15, -0.1) is 5.10 Å². The second kappa shape index (κ2) is 8.19. The van der Waals surface area contributed by atoms with Crippen molar-refractivity contribution in [2.45, 2.75) is 24.3 Å². The lowest BCUT2D eigenvalue weighted by atomic mass is 10.2. The van der Waals surface area contributed by atoms with E-state index < -0.39 is 10.2 Å². The van der Waals surface area contributed by atoms with Gasteiger partial charge in [-0.2, -0.15) is 4.52 Å². The molecule has 0 aliphatic carbocycles. The lowest BCUT2D eigenvalue weighted by Crippen LogP contribution is -2.23. The Morgan fingerprint density at radius 3 is 2.77 bits per heavy atom. The highest BCUT2D eigenvalue weighted by Crippen LogP contribution is 2.31. The molecular formula is C20H18N6O4S. The van der Waals surface area contributed by atoms with Gasteiger partial charge in [0.1, 0.15) is 11.6 Å². The molecule has 1 unspecified atom stereocenters. The van der Waals surface area contributed by atoms with Crippen LogP contribution in [0.1, 0.15) is 12.7 Å². The highest BCUT2D eigenvalue weighted by molar-refractivity contribution is 8.00. The van der Waals surface area contributed by atoms with Crippen molar-refractivity contribution in [3.8, 4) is 5.75 Å². The number of benzene rings is 2. The Balaban J connectivity index is 1.63. The minimum Gasteiger partial charge on any atom is -0.495 e. The first-order valence-corrected chi connectivity index (χ1v) is 10.2. The van der Waals surface area contributed by atoms with Crippen LogP contribution in [-0.4, -0.2) is 42.8 Å². The largest absolute Gasteiger partial charge is 0.495 e. The molecule has 0 spiro atoms. The summed E-state index contributed by atoms with van der Waals surface area (Å²) in [6.45, 7) is 3.51. The number of non-ortho nitro benzene ring substituents is 1. The number of carbonyl (C=O) groups excluding carboxylic acids is 1. The number of nitrogens with one attached hydrogen (secondary N) is 1. The zero-order valence-electron chi connectivity index (χ0n) is 16.9. The molecule has 2 aromatic heterocycles. The Morgan fingerprint density at radius 1 is 1.26 bits per heavy atom. The fraction of sp³-hybridized carbons (Fsp3) is 0.200. The molecule has 0 bridgehead atoms. The van der Waals surface area contributed by atoms with Crippen LogP contribution in [0.3, 0.4) is 0 Å². The van der Waals surface area contributed by atoms with Crippen LogP contribution >= 0.6 is 11.8 Å². The monoisotopic (exact) mass is 438 g/mol. The van der Waals surface area contributed by atoms with E-state index in [1.165, 1.54) is 37.1 Å². The quantitative estimate of drug-likeness (QED) is 0.209. The predicted molar refractivity (Wildman–Crippen MR) is 117 cm³/mol. The van der Waals surface area contributed by atoms with Crippen LogP contribution in [0.2, 0.25) is 0 Å². The lowest BCUT2D eigenvalue weighted by Gasteiger charge is -2.14. The van der Waals surface area contributed by atoms with Gasteiger partial charge in [0.15, 0.2) is 10.8 Å². The van der Waals surface area contributed by atoms with Crippen molar-refractivity contribution in [2.75, 3.05) is 12.4 Å². The number of aryl methyl sites for hydroxylation is 1. The fourth-order valence-electron chi connectivity index (χ4n) is 3.06. The molecule has 0 fully saturated rings. The zero-order chi connectivity index (χ0) is 22.1. The predicted octanol–water partition coefficient (Wildman–Crippen LogP) is 3.62. The average Bonchev–Trinajstić information content (AvgIpc) is 3.15. The lowest BCUT2D eigenvalue weighted by molar-refractivity contribution is -0.384. The van der Waals surface area contributed by atoms with E-state index in [0.717, 1.165) is 10.9 Å². The minimum absolute atomic E-state index is 0.146. The third-order valence-electron chi connectivity index (χ3n) is 4.56. The molecule has 4 rings (SSSR count). The fourth-order valence-corrected chi connectivity index (χ4v) is 3.92. The Hall–Kier alpha value is -3.73. The van der Waals surface area contributed by atoms with Crippen molar-refractivity contribution in [2.24, 2.45) is 0 Å². The van der Waals surface area contributed by atoms with Gasteiger partial charge in [0.25, 0.3) is 5.69 Å². The summed E-state index contributed by atoms with van der Waals surface area (Å²) in [5.74, 6) is 0.566. The third-order valence-corrected chi connectivity index (χ3v) is 5.60. The number of aromatic nitrogens is 4. The maximum absolute atomic E-state index is 12.8. The Kier molecular flexibility index (Phi) is 5.42. The number of rotatable bonds is 6. The second-order valence-electron chi connectivity index (χ2n) is 6.70. The van der Waals surface area contributed by atoms with E-state index in [1.54, 1.807) is 18.4 Å². The van der Waals surface area contributed by atoms with Crippen LogP contribution in [0.4, 0.5) is 11.4 Å². The number of methoxy groups -OCH3 is 1. The SMILES string of the molecule is COc1ccc([N+](=O)[O-])cc1NC(=O)C(C)Sc1nc2ccccc2c2nc(C)nn12. The van der Waals surface area contributed by atoms with Crippen molar-refractivity contribution in [3.05, 3.63) is 58.4 Å².